The van der Waals surface area contributed by atoms with Crippen LogP contribution in [0.4, 0.5) is 5.69 Å². The van der Waals surface area contributed by atoms with E-state index in [1.165, 1.54) is 0 Å². The van der Waals surface area contributed by atoms with Crippen LogP contribution in [0.1, 0.15) is 6.42 Å². The molecule has 1 atom stereocenters. The van der Waals surface area contributed by atoms with Crippen LogP contribution in [0.5, 0.6) is 0 Å². The summed E-state index contributed by atoms with van der Waals surface area (Å²) in [6, 6.07) is 1.93. The predicted octanol–water partition coefficient (Wildman–Crippen LogP) is 2.54. The van der Waals surface area contributed by atoms with E-state index in [-0.39, 0.29) is 6.04 Å². The minimum absolute atomic E-state index is 0.198. The second kappa shape index (κ2) is 4.24. The van der Waals surface area contributed by atoms with Gasteiger partial charge in [0.2, 0.25) is 0 Å². The molecule has 0 radical (unpaired) electrons. The lowest BCUT2D eigenvalue weighted by molar-refractivity contribution is 0.752. The Balaban J connectivity index is 2.18. The van der Waals surface area contributed by atoms with Crippen LogP contribution in [0.3, 0.4) is 0 Å². The molecule has 1 aromatic carbocycles. The van der Waals surface area contributed by atoms with Gasteiger partial charge < -0.3 is 10.6 Å². The molecule has 0 spiro atoms. The topological polar surface area (TPSA) is 55.0 Å². The fraction of sp³-hybridized carbons (Fsp3) is 0.400. The molecule has 1 saturated heterocycles. The van der Waals surface area contributed by atoms with Crippen LogP contribution in [-0.2, 0) is 0 Å². The van der Waals surface area contributed by atoms with Crippen molar-refractivity contribution in [1.82, 2.24) is 8.75 Å². The van der Waals surface area contributed by atoms with E-state index in [4.69, 9.17) is 28.9 Å². The predicted molar refractivity (Wildman–Crippen MR) is 72.2 cm³/mol. The summed E-state index contributed by atoms with van der Waals surface area (Å²) in [6.07, 6.45) is 0.970. The molecule has 90 valence electrons. The van der Waals surface area contributed by atoms with E-state index in [0.29, 0.717) is 10.0 Å². The van der Waals surface area contributed by atoms with Crippen LogP contribution in [0.15, 0.2) is 6.07 Å². The minimum Gasteiger partial charge on any atom is -0.367 e. The SMILES string of the molecule is NC1CCN(c2c(Cl)cc(Cl)c3nsnc23)C1. The summed E-state index contributed by atoms with van der Waals surface area (Å²) in [6.45, 7) is 1.70. The van der Waals surface area contributed by atoms with Crippen molar-refractivity contribution in [3.8, 4) is 0 Å². The zero-order valence-corrected chi connectivity index (χ0v) is 11.2. The third kappa shape index (κ3) is 1.87. The number of rotatable bonds is 1. The lowest BCUT2D eigenvalue weighted by atomic mass is 10.2. The van der Waals surface area contributed by atoms with Crippen molar-refractivity contribution in [2.45, 2.75) is 12.5 Å². The van der Waals surface area contributed by atoms with Crippen molar-refractivity contribution in [2.75, 3.05) is 18.0 Å². The molecule has 2 heterocycles. The molecule has 2 N–H and O–H groups in total. The summed E-state index contributed by atoms with van der Waals surface area (Å²) in [7, 11) is 0. The monoisotopic (exact) mass is 288 g/mol. The Hall–Kier alpha value is -0.620. The number of nitrogens with zero attached hydrogens (tertiary/aromatic N) is 3. The minimum atomic E-state index is 0.198. The van der Waals surface area contributed by atoms with Crippen molar-refractivity contribution < 1.29 is 0 Å². The molecule has 3 rings (SSSR count). The Morgan fingerprint density at radius 3 is 2.76 bits per heavy atom. The number of aromatic nitrogens is 2. The van der Waals surface area contributed by atoms with Crippen molar-refractivity contribution in [1.29, 1.82) is 0 Å². The maximum absolute atomic E-state index is 6.26. The molecule has 0 bridgehead atoms. The Bertz CT molecular complexity index is 571. The van der Waals surface area contributed by atoms with Gasteiger partial charge in [-0.05, 0) is 12.5 Å². The Labute approximate surface area is 113 Å². The lowest BCUT2D eigenvalue weighted by Gasteiger charge is -2.19. The highest BCUT2D eigenvalue weighted by Crippen LogP contribution is 2.38. The first kappa shape index (κ1) is 11.5. The average molecular weight is 289 g/mol. The van der Waals surface area contributed by atoms with Gasteiger partial charge in [0.05, 0.1) is 27.5 Å². The smallest absolute Gasteiger partial charge is 0.131 e. The molecule has 1 unspecified atom stereocenters. The number of hydrogen-bond donors (Lipinski definition) is 1. The molecular formula is C10H10Cl2N4S. The molecule has 2 aromatic rings. The van der Waals surface area contributed by atoms with Crippen molar-refractivity contribution in [3.05, 3.63) is 16.1 Å². The molecule has 0 amide bonds. The molecule has 1 aliphatic rings. The van der Waals surface area contributed by atoms with Crippen molar-refractivity contribution in [3.63, 3.8) is 0 Å². The second-order valence-corrected chi connectivity index (χ2v) is 5.49. The van der Waals surface area contributed by atoms with Gasteiger partial charge in [-0.25, -0.2) is 0 Å². The fourth-order valence-corrected chi connectivity index (χ4v) is 3.38. The van der Waals surface area contributed by atoms with Crippen LogP contribution in [-0.4, -0.2) is 27.9 Å². The molecule has 1 aliphatic heterocycles. The third-order valence-electron chi connectivity index (χ3n) is 2.96. The number of fused-ring (bicyclic) bond motifs is 1. The molecule has 1 fully saturated rings. The Morgan fingerprint density at radius 2 is 2.06 bits per heavy atom. The highest BCUT2D eigenvalue weighted by molar-refractivity contribution is 7.00. The normalized spacial score (nSPS) is 20.4. The number of anilines is 1. The van der Waals surface area contributed by atoms with Crippen LogP contribution < -0.4 is 10.6 Å². The van der Waals surface area contributed by atoms with Gasteiger partial charge in [0.15, 0.2) is 0 Å². The van der Waals surface area contributed by atoms with Crippen LogP contribution in [0, 0.1) is 0 Å². The zero-order chi connectivity index (χ0) is 12.0. The van der Waals surface area contributed by atoms with E-state index in [2.05, 4.69) is 13.6 Å². The zero-order valence-electron chi connectivity index (χ0n) is 8.86. The lowest BCUT2D eigenvalue weighted by Crippen LogP contribution is -2.26. The molecule has 4 nitrogen and oxygen atoms in total. The Kier molecular flexibility index (Phi) is 2.86. The van der Waals surface area contributed by atoms with E-state index >= 15 is 0 Å². The number of nitrogens with two attached hydrogens (primary N) is 1. The standard InChI is InChI=1S/C10H10Cl2N4S/c11-6-3-7(12)10(9-8(6)14-17-15-9)16-2-1-5(13)4-16/h3,5H,1-2,4,13H2. The van der Waals surface area contributed by atoms with Gasteiger partial charge in [0, 0.05) is 19.1 Å². The van der Waals surface area contributed by atoms with E-state index in [1.54, 1.807) is 6.07 Å². The average Bonchev–Trinajstić information content (AvgIpc) is 2.87. The maximum atomic E-state index is 6.26. The number of benzene rings is 1. The van der Waals surface area contributed by atoms with Gasteiger partial charge in [-0.1, -0.05) is 23.2 Å². The maximum Gasteiger partial charge on any atom is 0.131 e. The quantitative estimate of drug-likeness (QED) is 0.876. The van der Waals surface area contributed by atoms with Gasteiger partial charge in [0.1, 0.15) is 11.0 Å². The van der Waals surface area contributed by atoms with Gasteiger partial charge in [0.25, 0.3) is 0 Å². The van der Waals surface area contributed by atoms with E-state index in [0.717, 1.165) is 48.0 Å². The van der Waals surface area contributed by atoms with E-state index < -0.39 is 0 Å². The van der Waals surface area contributed by atoms with Crippen LogP contribution in [0.2, 0.25) is 10.0 Å². The summed E-state index contributed by atoms with van der Waals surface area (Å²) in [5.41, 5.74) is 8.33. The largest absolute Gasteiger partial charge is 0.367 e. The molecule has 0 aliphatic carbocycles. The summed E-state index contributed by atoms with van der Waals surface area (Å²) in [5, 5.41) is 1.16. The van der Waals surface area contributed by atoms with Crippen molar-refractivity contribution >= 4 is 51.7 Å². The van der Waals surface area contributed by atoms with Gasteiger partial charge in [-0.3, -0.25) is 0 Å². The van der Waals surface area contributed by atoms with Crippen LogP contribution >= 0.6 is 34.9 Å². The first-order valence-electron chi connectivity index (χ1n) is 5.27. The molecule has 0 saturated carbocycles. The summed E-state index contributed by atoms with van der Waals surface area (Å²) >= 11 is 13.5. The van der Waals surface area contributed by atoms with E-state index in [9.17, 15) is 0 Å². The fourth-order valence-electron chi connectivity index (χ4n) is 2.15. The summed E-state index contributed by atoms with van der Waals surface area (Å²) < 4.78 is 8.48. The molecular weight excluding hydrogens is 279 g/mol. The number of halogens is 2. The Morgan fingerprint density at radius 1 is 1.29 bits per heavy atom. The molecule has 17 heavy (non-hydrogen) atoms. The van der Waals surface area contributed by atoms with Gasteiger partial charge in [-0.15, -0.1) is 0 Å². The summed E-state index contributed by atoms with van der Waals surface area (Å²) in [4.78, 5) is 2.16. The summed E-state index contributed by atoms with van der Waals surface area (Å²) in [5.74, 6) is 0. The number of hydrogen-bond acceptors (Lipinski definition) is 5. The van der Waals surface area contributed by atoms with Crippen LogP contribution in [0.25, 0.3) is 11.0 Å². The first-order valence-corrected chi connectivity index (χ1v) is 6.76. The first-order chi connectivity index (χ1) is 8.16. The third-order valence-corrected chi connectivity index (χ3v) is 4.06. The highest BCUT2D eigenvalue weighted by atomic mass is 35.5. The van der Waals surface area contributed by atoms with Gasteiger partial charge >= 0.3 is 0 Å². The molecule has 7 heteroatoms. The van der Waals surface area contributed by atoms with Crippen molar-refractivity contribution in [2.24, 2.45) is 5.73 Å². The highest BCUT2D eigenvalue weighted by Gasteiger charge is 2.25. The second-order valence-electron chi connectivity index (χ2n) is 4.15. The van der Waals surface area contributed by atoms with E-state index in [1.807, 2.05) is 0 Å². The molecule has 1 aromatic heterocycles. The van der Waals surface area contributed by atoms with Gasteiger partial charge in [-0.2, -0.15) is 8.75 Å².